The molecule has 6 atom stereocenters. The highest BCUT2D eigenvalue weighted by Crippen LogP contribution is 2.37. The van der Waals surface area contributed by atoms with Crippen LogP contribution in [0.4, 0.5) is 0 Å². The molecule has 0 amide bonds. The molecular weight excluding hydrogens is 438 g/mol. The topological polar surface area (TPSA) is 131 Å². The molecule has 0 bridgehead atoms. The van der Waals surface area contributed by atoms with Gasteiger partial charge in [0.2, 0.25) is 11.0 Å². The Hall–Kier alpha value is -2.50. The van der Waals surface area contributed by atoms with Crippen molar-refractivity contribution in [3.63, 3.8) is 0 Å². The van der Waals surface area contributed by atoms with E-state index in [1.807, 2.05) is 37.3 Å². The minimum atomic E-state index is -4.19. The molecule has 0 aromatic heterocycles. The van der Waals surface area contributed by atoms with Crippen molar-refractivity contribution in [2.75, 3.05) is 13.7 Å². The molecule has 11 heteroatoms. The van der Waals surface area contributed by atoms with Crippen molar-refractivity contribution in [3.05, 3.63) is 65.7 Å². The Morgan fingerprint density at radius 1 is 1.09 bits per heavy atom. The van der Waals surface area contributed by atoms with Crippen molar-refractivity contribution in [3.8, 4) is 0 Å². The van der Waals surface area contributed by atoms with E-state index in [2.05, 4.69) is 10.0 Å². The Morgan fingerprint density at radius 3 is 2.47 bits per heavy atom. The molecule has 2 aliphatic heterocycles. The van der Waals surface area contributed by atoms with Gasteiger partial charge in [0, 0.05) is 12.7 Å². The molecule has 10 nitrogen and oxygen atoms in total. The molecule has 4 rings (SSSR count). The minimum Gasteiger partial charge on any atom is -0.353 e. The predicted octanol–water partition coefficient (Wildman–Crippen LogP) is 2.47. The van der Waals surface area contributed by atoms with Crippen molar-refractivity contribution < 1.29 is 31.5 Å². The molecule has 2 heterocycles. The van der Waals surface area contributed by atoms with Gasteiger partial charge < -0.3 is 18.9 Å². The molecule has 32 heavy (non-hydrogen) atoms. The van der Waals surface area contributed by atoms with Gasteiger partial charge in [0.05, 0.1) is 11.5 Å². The summed E-state index contributed by atoms with van der Waals surface area (Å²) in [6.07, 6.45) is -4.44. The van der Waals surface area contributed by atoms with Crippen LogP contribution in [0.5, 0.6) is 0 Å². The van der Waals surface area contributed by atoms with Gasteiger partial charge in [-0.25, -0.2) is 0 Å². The van der Waals surface area contributed by atoms with Gasteiger partial charge in [-0.2, -0.15) is 8.42 Å². The SMILES string of the molecule is COC1OC2COC(c3ccccc3)OC2C(OS(=O)(=O)c2ccc(C)cc2)C1N=[N+]=N. The highest BCUT2D eigenvalue weighted by atomic mass is 32.2. The Bertz CT molecular complexity index is 1070. The number of fused-ring (bicyclic) bond motifs is 1. The van der Waals surface area contributed by atoms with E-state index in [-0.39, 0.29) is 11.5 Å². The largest absolute Gasteiger partial charge is 0.353 e. The summed E-state index contributed by atoms with van der Waals surface area (Å²) in [5.41, 5.74) is 8.87. The molecule has 2 fully saturated rings. The molecule has 0 spiro atoms. The number of ether oxygens (including phenoxy) is 4. The fourth-order valence-electron chi connectivity index (χ4n) is 3.74. The number of nitrogens with zero attached hydrogens (tertiary/aromatic N) is 2. The van der Waals surface area contributed by atoms with Crippen LogP contribution in [0.3, 0.4) is 0 Å². The third-order valence-corrected chi connectivity index (χ3v) is 6.67. The number of hydrogen-bond donors (Lipinski definition) is 1. The van der Waals surface area contributed by atoms with Crippen LogP contribution in [0, 0.1) is 12.5 Å². The van der Waals surface area contributed by atoms with Gasteiger partial charge in [-0.3, -0.25) is 4.18 Å². The van der Waals surface area contributed by atoms with Crippen LogP contribution in [-0.4, -0.2) is 52.8 Å². The molecular formula is C21H24N3O7S+. The van der Waals surface area contributed by atoms with Crippen molar-refractivity contribution >= 4 is 10.1 Å². The summed E-state index contributed by atoms with van der Waals surface area (Å²) in [5.74, 6) is 0. The molecule has 170 valence electrons. The van der Waals surface area contributed by atoms with Crippen molar-refractivity contribution in [2.45, 2.75) is 48.8 Å². The van der Waals surface area contributed by atoms with Crippen molar-refractivity contribution in [1.29, 1.82) is 5.53 Å². The Kier molecular flexibility index (Phi) is 6.77. The Balaban J connectivity index is 1.68. The highest BCUT2D eigenvalue weighted by Gasteiger charge is 2.55. The normalized spacial score (nSPS) is 30.2. The monoisotopic (exact) mass is 462 g/mol. The van der Waals surface area contributed by atoms with E-state index in [1.54, 1.807) is 12.1 Å². The maximum absolute atomic E-state index is 13.1. The van der Waals surface area contributed by atoms with Crippen LogP contribution in [0.25, 0.3) is 0 Å². The Morgan fingerprint density at radius 2 is 1.81 bits per heavy atom. The Labute approximate surface area is 185 Å². The highest BCUT2D eigenvalue weighted by molar-refractivity contribution is 7.86. The molecule has 0 aliphatic carbocycles. The second-order valence-corrected chi connectivity index (χ2v) is 9.06. The zero-order valence-electron chi connectivity index (χ0n) is 17.5. The summed E-state index contributed by atoms with van der Waals surface area (Å²) in [7, 11) is -2.80. The van der Waals surface area contributed by atoms with E-state index in [4.69, 9.17) is 28.7 Å². The number of benzene rings is 2. The van der Waals surface area contributed by atoms with Gasteiger partial charge in [-0.05, 0) is 19.1 Å². The molecule has 2 aliphatic rings. The van der Waals surface area contributed by atoms with Crippen LogP contribution in [0.1, 0.15) is 17.4 Å². The molecule has 6 unspecified atom stereocenters. The number of aryl methyl sites for hydroxylation is 1. The zero-order chi connectivity index (χ0) is 22.7. The standard InChI is InChI=1S/C21H24N3O7S/c1-13-8-10-15(11-9-13)32(25,26)31-19-17(23-24-22)21(27-2)29-16-12-28-20(30-18(16)19)14-6-4-3-5-7-14/h3-11,16-22H,12H2,1-2H3/q+1. The van der Waals surface area contributed by atoms with Gasteiger partial charge in [0.25, 0.3) is 10.1 Å². The van der Waals surface area contributed by atoms with Crippen molar-refractivity contribution in [1.82, 2.24) is 4.91 Å². The molecule has 2 aromatic carbocycles. The number of nitrogens with one attached hydrogen (secondary N) is 1. The average molecular weight is 463 g/mol. The number of rotatable bonds is 6. The molecule has 1 N–H and O–H groups in total. The van der Waals surface area contributed by atoms with E-state index in [1.165, 1.54) is 19.2 Å². The van der Waals surface area contributed by atoms with Gasteiger partial charge >= 0.3 is 0 Å². The lowest BCUT2D eigenvalue weighted by Crippen LogP contribution is -2.62. The lowest BCUT2D eigenvalue weighted by atomic mass is 9.96. The van der Waals surface area contributed by atoms with Crippen LogP contribution in [0.2, 0.25) is 0 Å². The van der Waals surface area contributed by atoms with Crippen LogP contribution in [-0.2, 0) is 33.2 Å². The maximum Gasteiger partial charge on any atom is 0.297 e. The van der Waals surface area contributed by atoms with E-state index < -0.39 is 47.1 Å². The van der Waals surface area contributed by atoms with Crippen LogP contribution in [0.15, 0.2) is 64.6 Å². The first-order chi connectivity index (χ1) is 15.4. The lowest BCUT2D eigenvalue weighted by molar-refractivity contribution is -0.336. The second-order valence-electron chi connectivity index (χ2n) is 7.49. The third-order valence-electron chi connectivity index (χ3n) is 5.35. The lowest BCUT2D eigenvalue weighted by Gasteiger charge is -2.45. The van der Waals surface area contributed by atoms with Crippen LogP contribution >= 0.6 is 0 Å². The first-order valence-corrected chi connectivity index (χ1v) is 11.4. The first-order valence-electron chi connectivity index (χ1n) is 10.00. The van der Waals surface area contributed by atoms with Gasteiger partial charge in [-0.15, -0.1) is 0 Å². The van der Waals surface area contributed by atoms with E-state index in [0.29, 0.717) is 0 Å². The fourth-order valence-corrected chi connectivity index (χ4v) is 4.84. The molecule has 0 radical (unpaired) electrons. The summed E-state index contributed by atoms with van der Waals surface area (Å²) >= 11 is 0. The second kappa shape index (κ2) is 9.55. The summed E-state index contributed by atoms with van der Waals surface area (Å²) in [6, 6.07) is 14.5. The maximum atomic E-state index is 13.1. The van der Waals surface area contributed by atoms with E-state index in [9.17, 15) is 8.42 Å². The van der Waals surface area contributed by atoms with Gasteiger partial charge in [-0.1, -0.05) is 48.0 Å². The molecule has 0 saturated carbocycles. The summed E-state index contributed by atoms with van der Waals surface area (Å²) in [4.78, 5) is 3.08. The summed E-state index contributed by atoms with van der Waals surface area (Å²) < 4.78 is 54.9. The molecule has 2 aromatic rings. The van der Waals surface area contributed by atoms with Crippen molar-refractivity contribution in [2.24, 2.45) is 5.11 Å². The first kappa shape index (κ1) is 22.7. The average Bonchev–Trinajstić information content (AvgIpc) is 2.81. The zero-order valence-corrected chi connectivity index (χ0v) is 18.3. The van der Waals surface area contributed by atoms with E-state index >= 15 is 0 Å². The predicted molar refractivity (Wildman–Crippen MR) is 110 cm³/mol. The van der Waals surface area contributed by atoms with Gasteiger partial charge in [0.1, 0.15) is 29.0 Å². The number of hydrogen-bond acceptors (Lipinski definition) is 9. The molecule has 2 saturated heterocycles. The number of methoxy groups -OCH3 is 1. The smallest absolute Gasteiger partial charge is 0.297 e. The summed E-state index contributed by atoms with van der Waals surface area (Å²) in [5, 5.41) is 3.83. The third kappa shape index (κ3) is 4.64. The van der Waals surface area contributed by atoms with E-state index in [0.717, 1.165) is 11.1 Å². The minimum absolute atomic E-state index is 0.00617. The van der Waals surface area contributed by atoms with Crippen LogP contribution < -0.4 is 4.91 Å². The summed E-state index contributed by atoms with van der Waals surface area (Å²) in [6.45, 7) is 1.98. The fraction of sp³-hybridized carbons (Fsp3) is 0.429. The quantitative estimate of drug-likeness (QED) is 0.396. The van der Waals surface area contributed by atoms with Gasteiger partial charge in [0.15, 0.2) is 12.6 Å².